The number of rotatable bonds is 10. The molecule has 1 aromatic carbocycles. The number of carbonyl (C=O) groups excluding carboxylic acids is 1. The molecule has 0 saturated carbocycles. The van der Waals surface area contributed by atoms with Crippen molar-refractivity contribution in [1.82, 2.24) is 15.8 Å². The summed E-state index contributed by atoms with van der Waals surface area (Å²) < 4.78 is 5.74. The predicted octanol–water partition coefficient (Wildman–Crippen LogP) is 5.28. The van der Waals surface area contributed by atoms with Crippen molar-refractivity contribution in [2.24, 2.45) is 0 Å². The third-order valence-corrected chi connectivity index (χ3v) is 5.25. The minimum atomic E-state index is -0.388. The van der Waals surface area contributed by atoms with Gasteiger partial charge in [-0.2, -0.15) is 0 Å². The number of aryl methyl sites for hydroxylation is 1. The lowest BCUT2D eigenvalue weighted by atomic mass is 10.2. The lowest BCUT2D eigenvalue weighted by Crippen LogP contribution is -2.43. The monoisotopic (exact) mass is 450 g/mol. The van der Waals surface area contributed by atoms with Crippen molar-refractivity contribution in [3.05, 3.63) is 52.4 Å². The number of hydrogen-bond acceptors (Lipinski definition) is 4. The van der Waals surface area contributed by atoms with Crippen molar-refractivity contribution in [3.8, 4) is 0 Å². The molecule has 8 heteroatoms. The molecule has 0 saturated heterocycles. The zero-order valence-electron chi connectivity index (χ0n) is 17.9. The number of anilines is 1. The van der Waals surface area contributed by atoms with Crippen LogP contribution in [-0.4, -0.2) is 29.0 Å². The zero-order valence-corrected chi connectivity index (χ0v) is 19.5. The highest BCUT2D eigenvalue weighted by Crippen LogP contribution is 2.19. The van der Waals surface area contributed by atoms with Crippen LogP contribution in [0.1, 0.15) is 61.4 Å². The smallest absolute Gasteiger partial charge is 0.305 e. The number of unbranched alkanes of at least 4 members (excludes halogenated alkanes) is 2. The van der Waals surface area contributed by atoms with Gasteiger partial charge in [0.15, 0.2) is 10.9 Å². The maximum Gasteiger partial charge on any atom is 0.305 e. The van der Waals surface area contributed by atoms with Gasteiger partial charge >= 0.3 is 5.91 Å². The fourth-order valence-electron chi connectivity index (χ4n) is 2.85. The maximum atomic E-state index is 12.4. The van der Waals surface area contributed by atoms with Crippen LogP contribution < -0.4 is 16.2 Å². The molecule has 0 unspecified atom stereocenters. The van der Waals surface area contributed by atoms with Gasteiger partial charge in [-0.15, -0.1) is 0 Å². The molecule has 3 N–H and O–H groups in total. The Bertz CT molecular complexity index is 832. The Balaban J connectivity index is 1.84. The summed E-state index contributed by atoms with van der Waals surface area (Å²) in [5, 5.41) is 3.86. The summed E-state index contributed by atoms with van der Waals surface area (Å²) >= 11 is 11.3. The molecule has 0 radical (unpaired) electrons. The van der Waals surface area contributed by atoms with E-state index >= 15 is 0 Å². The Kier molecular flexibility index (Phi) is 10.1. The number of amides is 1. The van der Waals surface area contributed by atoms with E-state index in [1.165, 1.54) is 0 Å². The van der Waals surface area contributed by atoms with Crippen molar-refractivity contribution >= 4 is 40.5 Å². The largest absolute Gasteiger partial charge is 0.454 e. The highest BCUT2D eigenvalue weighted by molar-refractivity contribution is 7.80. The molecule has 1 heterocycles. The van der Waals surface area contributed by atoms with Gasteiger partial charge in [0.2, 0.25) is 0 Å². The standard InChI is InChI=1S/C22H31ClN4O2S/c1-4-6-12-27(13-7-5-2)15-18-10-11-20(29-18)21(28)25-26-22(30)24-17-9-8-16(3)19(23)14-17/h8-11,14H,4-7,12-13,15H2,1-3H3,(H,25,28)(H2,24,26,30). The third kappa shape index (κ3) is 7.97. The summed E-state index contributed by atoms with van der Waals surface area (Å²) in [6, 6.07) is 9.05. The molecule has 0 atom stereocenters. The first-order chi connectivity index (χ1) is 14.4. The molecule has 2 aromatic rings. The Morgan fingerprint density at radius 1 is 1.10 bits per heavy atom. The number of benzene rings is 1. The van der Waals surface area contributed by atoms with Gasteiger partial charge in [-0.1, -0.05) is 44.4 Å². The van der Waals surface area contributed by atoms with E-state index in [-0.39, 0.29) is 16.8 Å². The number of thiocarbonyl (C=S) groups is 1. The Morgan fingerprint density at radius 2 is 1.80 bits per heavy atom. The number of furan rings is 1. The summed E-state index contributed by atoms with van der Waals surface area (Å²) in [6.07, 6.45) is 4.61. The van der Waals surface area contributed by atoms with Crippen LogP contribution in [0.15, 0.2) is 34.7 Å². The van der Waals surface area contributed by atoms with E-state index in [0.29, 0.717) is 11.6 Å². The number of carbonyl (C=O) groups is 1. The van der Waals surface area contributed by atoms with Gasteiger partial charge in [-0.3, -0.25) is 20.5 Å². The van der Waals surface area contributed by atoms with Crippen LogP contribution in [0.3, 0.4) is 0 Å². The van der Waals surface area contributed by atoms with Gasteiger partial charge in [0, 0.05) is 10.7 Å². The van der Waals surface area contributed by atoms with Crippen LogP contribution in [0.4, 0.5) is 5.69 Å². The normalized spacial score (nSPS) is 10.8. The molecule has 1 aromatic heterocycles. The van der Waals surface area contributed by atoms with Crippen LogP contribution in [0.5, 0.6) is 0 Å². The van der Waals surface area contributed by atoms with Crippen molar-refractivity contribution in [3.63, 3.8) is 0 Å². The number of hydrogen-bond donors (Lipinski definition) is 3. The van der Waals surface area contributed by atoms with Gasteiger partial charge in [0.25, 0.3) is 0 Å². The molecule has 164 valence electrons. The van der Waals surface area contributed by atoms with Gasteiger partial charge in [-0.05, 0) is 74.9 Å². The lowest BCUT2D eigenvalue weighted by molar-refractivity contribution is 0.0912. The summed E-state index contributed by atoms with van der Waals surface area (Å²) in [5.74, 6) is 0.632. The van der Waals surface area contributed by atoms with E-state index in [9.17, 15) is 4.79 Å². The topological polar surface area (TPSA) is 69.5 Å². The molecule has 1 amide bonds. The first-order valence-electron chi connectivity index (χ1n) is 10.4. The second-order valence-electron chi connectivity index (χ2n) is 7.25. The van der Waals surface area contributed by atoms with E-state index in [0.717, 1.165) is 55.8 Å². The zero-order chi connectivity index (χ0) is 21.9. The first-order valence-corrected chi connectivity index (χ1v) is 11.2. The molecule has 0 spiro atoms. The molecular weight excluding hydrogens is 420 g/mol. The summed E-state index contributed by atoms with van der Waals surface area (Å²) in [4.78, 5) is 14.7. The van der Waals surface area contributed by atoms with Gasteiger partial charge in [-0.25, -0.2) is 0 Å². The molecule has 0 aliphatic heterocycles. The van der Waals surface area contributed by atoms with E-state index in [1.807, 2.05) is 25.1 Å². The fourth-order valence-corrected chi connectivity index (χ4v) is 3.20. The molecule has 0 fully saturated rings. The first kappa shape index (κ1) is 24.2. The van der Waals surface area contributed by atoms with Crippen LogP contribution >= 0.6 is 23.8 Å². The van der Waals surface area contributed by atoms with Crippen LogP contribution in [0.2, 0.25) is 5.02 Å². The third-order valence-electron chi connectivity index (χ3n) is 4.64. The fraction of sp³-hybridized carbons (Fsp3) is 0.455. The number of hydrazine groups is 1. The van der Waals surface area contributed by atoms with Crippen molar-refractivity contribution in [1.29, 1.82) is 0 Å². The Morgan fingerprint density at radius 3 is 2.43 bits per heavy atom. The van der Waals surface area contributed by atoms with Crippen molar-refractivity contribution in [2.45, 2.75) is 53.0 Å². The Labute approximate surface area is 189 Å². The van der Waals surface area contributed by atoms with E-state index in [4.69, 9.17) is 28.2 Å². The summed E-state index contributed by atoms with van der Waals surface area (Å²) in [6.45, 7) is 9.06. The summed E-state index contributed by atoms with van der Waals surface area (Å²) in [5.41, 5.74) is 6.93. The minimum Gasteiger partial charge on any atom is -0.454 e. The van der Waals surface area contributed by atoms with Gasteiger partial charge < -0.3 is 9.73 Å². The van der Waals surface area contributed by atoms with E-state index in [2.05, 4.69) is 34.9 Å². The number of nitrogens with zero attached hydrogens (tertiary/aromatic N) is 1. The van der Waals surface area contributed by atoms with Crippen LogP contribution in [-0.2, 0) is 6.54 Å². The number of halogens is 1. The predicted molar refractivity (Wildman–Crippen MR) is 127 cm³/mol. The second-order valence-corrected chi connectivity index (χ2v) is 8.06. The van der Waals surface area contributed by atoms with Crippen LogP contribution in [0, 0.1) is 6.92 Å². The quantitative estimate of drug-likeness (QED) is 0.338. The molecule has 0 bridgehead atoms. The van der Waals surface area contributed by atoms with Crippen molar-refractivity contribution in [2.75, 3.05) is 18.4 Å². The highest BCUT2D eigenvalue weighted by atomic mass is 35.5. The second kappa shape index (κ2) is 12.6. The van der Waals surface area contributed by atoms with E-state index in [1.54, 1.807) is 12.1 Å². The average Bonchev–Trinajstić information content (AvgIpc) is 3.19. The molecule has 6 nitrogen and oxygen atoms in total. The van der Waals surface area contributed by atoms with E-state index < -0.39 is 0 Å². The molecule has 30 heavy (non-hydrogen) atoms. The summed E-state index contributed by atoms with van der Waals surface area (Å²) in [7, 11) is 0. The lowest BCUT2D eigenvalue weighted by Gasteiger charge is -2.20. The SMILES string of the molecule is CCCCN(CCCC)Cc1ccc(C(=O)NNC(=S)Nc2ccc(C)c(Cl)c2)o1. The van der Waals surface area contributed by atoms with Gasteiger partial charge in [0.05, 0.1) is 6.54 Å². The Hall–Kier alpha value is -2.09. The molecular formula is C22H31ClN4O2S. The molecule has 0 aliphatic rings. The molecule has 0 aliphatic carbocycles. The average molecular weight is 451 g/mol. The maximum absolute atomic E-state index is 12.4. The number of nitrogens with one attached hydrogen (secondary N) is 3. The minimum absolute atomic E-state index is 0.240. The van der Waals surface area contributed by atoms with Crippen molar-refractivity contribution < 1.29 is 9.21 Å². The highest BCUT2D eigenvalue weighted by Gasteiger charge is 2.14. The van der Waals surface area contributed by atoms with Gasteiger partial charge in [0.1, 0.15) is 5.76 Å². The van der Waals surface area contributed by atoms with Crippen LogP contribution in [0.25, 0.3) is 0 Å². The molecule has 2 rings (SSSR count).